The van der Waals surface area contributed by atoms with Gasteiger partial charge in [0.2, 0.25) is 9.84 Å². The normalized spacial score (nSPS) is 12.1. The van der Waals surface area contributed by atoms with E-state index in [4.69, 9.17) is 10.2 Å². The molecule has 0 bridgehead atoms. The van der Waals surface area contributed by atoms with Gasteiger partial charge in [0.05, 0.1) is 42.2 Å². The van der Waals surface area contributed by atoms with Gasteiger partial charge in [0.25, 0.3) is 0 Å². The van der Waals surface area contributed by atoms with Crippen LogP contribution in [0.3, 0.4) is 0 Å². The first-order valence-corrected chi connectivity index (χ1v) is 16.5. The lowest BCUT2D eigenvalue weighted by Crippen LogP contribution is -2.08. The van der Waals surface area contributed by atoms with Gasteiger partial charge in [-0.3, -0.25) is 0 Å². The first kappa shape index (κ1) is 29.6. The lowest BCUT2D eigenvalue weighted by Gasteiger charge is -2.09. The second-order valence-electron chi connectivity index (χ2n) is 8.98. The van der Waals surface area contributed by atoms with Gasteiger partial charge in [-0.1, -0.05) is 24.3 Å². The van der Waals surface area contributed by atoms with Crippen LogP contribution in [-0.2, 0) is 41.0 Å². The number of aromatic carboxylic acids is 2. The molecule has 0 unspecified atom stereocenters. The number of carbonyl (C=O) groups is 2. The lowest BCUT2D eigenvalue weighted by molar-refractivity contribution is 0.0686. The Bertz CT molecular complexity index is 1820. The molecule has 41 heavy (non-hydrogen) atoms. The highest BCUT2D eigenvalue weighted by atomic mass is 32.2. The predicted octanol–water partition coefficient (Wildman–Crippen LogP) is 3.86. The molecule has 0 amide bonds. The van der Waals surface area contributed by atoms with Crippen LogP contribution < -0.4 is 0 Å². The maximum Gasteiger partial charge on any atom is 0.335 e. The highest BCUT2D eigenvalue weighted by Gasteiger charge is 2.23. The third kappa shape index (κ3) is 6.70. The van der Waals surface area contributed by atoms with Crippen LogP contribution in [0.15, 0.2) is 117 Å². The number of hydrogen-bond donors (Lipinski definition) is 2. The van der Waals surface area contributed by atoms with Crippen molar-refractivity contribution in [1.29, 1.82) is 0 Å². The van der Waals surface area contributed by atoms with Crippen molar-refractivity contribution in [2.75, 3.05) is 0 Å². The van der Waals surface area contributed by atoms with E-state index in [0.29, 0.717) is 0 Å². The fourth-order valence-corrected chi connectivity index (χ4v) is 7.91. The molecule has 0 radical (unpaired) electrons. The van der Waals surface area contributed by atoms with E-state index in [9.17, 15) is 34.8 Å². The molecule has 10 nitrogen and oxygen atoms in total. The summed E-state index contributed by atoms with van der Waals surface area (Å²) in [6.45, 7) is 0. The Hall–Kier alpha value is -4.33. The van der Waals surface area contributed by atoms with E-state index in [1.165, 1.54) is 48.5 Å². The molecule has 0 aromatic heterocycles. The molecule has 0 saturated carbocycles. The molecule has 0 heterocycles. The van der Waals surface area contributed by atoms with Crippen LogP contribution >= 0.6 is 0 Å². The van der Waals surface area contributed by atoms with Gasteiger partial charge < -0.3 is 10.2 Å². The fraction of sp³-hybridized carbons (Fsp3) is 0.0714. The number of hydrogen-bond acceptors (Lipinski definition) is 8. The summed E-state index contributed by atoms with van der Waals surface area (Å²) in [7, 11) is -12.0. The minimum absolute atomic E-state index is 0.0645. The molecule has 4 aromatic rings. The van der Waals surface area contributed by atoms with E-state index in [1.807, 2.05) is 0 Å². The number of sulfone groups is 3. The van der Waals surface area contributed by atoms with Crippen molar-refractivity contribution < 1.29 is 45.1 Å². The summed E-state index contributed by atoms with van der Waals surface area (Å²) in [5.41, 5.74) is 0.383. The molecule has 212 valence electrons. The van der Waals surface area contributed by atoms with Crippen molar-refractivity contribution in [3.63, 3.8) is 0 Å². The zero-order valence-electron chi connectivity index (χ0n) is 21.0. The zero-order chi connectivity index (χ0) is 30.0. The molecular formula is C28H22O10S3. The number of rotatable bonds is 10. The van der Waals surface area contributed by atoms with E-state index in [0.717, 1.165) is 48.5 Å². The molecule has 0 aliphatic rings. The molecule has 13 heteroatoms. The smallest absolute Gasteiger partial charge is 0.335 e. The molecule has 0 aliphatic heterocycles. The topological polar surface area (TPSA) is 177 Å². The Balaban J connectivity index is 1.53. The molecule has 4 aromatic carbocycles. The van der Waals surface area contributed by atoms with Gasteiger partial charge in [-0.2, -0.15) is 0 Å². The van der Waals surface area contributed by atoms with E-state index >= 15 is 0 Å². The van der Waals surface area contributed by atoms with Gasteiger partial charge in [0.1, 0.15) is 0 Å². The minimum atomic E-state index is -4.13. The van der Waals surface area contributed by atoms with Crippen LogP contribution in [0, 0.1) is 0 Å². The van der Waals surface area contributed by atoms with Gasteiger partial charge in [-0.15, -0.1) is 0 Å². The van der Waals surface area contributed by atoms with Crippen LogP contribution in [0.25, 0.3) is 0 Å². The Morgan fingerprint density at radius 2 is 0.805 bits per heavy atom. The standard InChI is InChI=1S/C28H22O10S3/c29-27(30)21-5-1-3-19(15-21)17-39(33,34)23-7-11-25(12-8-23)41(37,38)26-13-9-24(10-14-26)40(35,36)18-20-4-2-6-22(16-20)28(31)32/h1-16H,17-18H2,(H,29,30)(H,31,32). The summed E-state index contributed by atoms with van der Waals surface area (Å²) in [5, 5.41) is 18.2. The molecular weight excluding hydrogens is 592 g/mol. The van der Waals surface area contributed by atoms with Gasteiger partial charge in [-0.25, -0.2) is 34.8 Å². The molecule has 0 atom stereocenters. The predicted molar refractivity (Wildman–Crippen MR) is 147 cm³/mol. The summed E-state index contributed by atoms with van der Waals surface area (Å²) >= 11 is 0. The average molecular weight is 615 g/mol. The summed E-state index contributed by atoms with van der Waals surface area (Å²) in [5.74, 6) is -3.38. The van der Waals surface area contributed by atoms with Crippen molar-refractivity contribution in [1.82, 2.24) is 0 Å². The Morgan fingerprint density at radius 1 is 0.488 bits per heavy atom. The maximum absolute atomic E-state index is 13.1. The highest BCUT2D eigenvalue weighted by molar-refractivity contribution is 7.92. The second-order valence-corrected chi connectivity index (χ2v) is 14.9. The third-order valence-corrected chi connectivity index (χ3v) is 11.2. The van der Waals surface area contributed by atoms with Gasteiger partial charge in [0.15, 0.2) is 19.7 Å². The van der Waals surface area contributed by atoms with Crippen molar-refractivity contribution >= 4 is 41.5 Å². The van der Waals surface area contributed by atoms with Gasteiger partial charge >= 0.3 is 11.9 Å². The largest absolute Gasteiger partial charge is 0.478 e. The average Bonchev–Trinajstić information content (AvgIpc) is 2.93. The van der Waals surface area contributed by atoms with Crippen molar-refractivity contribution in [3.05, 3.63) is 119 Å². The molecule has 0 fully saturated rings. The molecule has 0 spiro atoms. The minimum Gasteiger partial charge on any atom is -0.478 e. The lowest BCUT2D eigenvalue weighted by atomic mass is 10.1. The summed E-state index contributed by atoms with van der Waals surface area (Å²) < 4.78 is 77.6. The Labute approximate surface area is 236 Å². The Kier molecular flexibility index (Phi) is 8.15. The van der Waals surface area contributed by atoms with Crippen molar-refractivity contribution in [2.24, 2.45) is 0 Å². The maximum atomic E-state index is 13.1. The SMILES string of the molecule is O=C(O)c1cccc(CS(=O)(=O)c2ccc(S(=O)(=O)c3ccc(S(=O)(=O)Cc4cccc(C(=O)O)c4)cc3)cc2)c1. The zero-order valence-corrected chi connectivity index (χ0v) is 23.5. The third-order valence-electron chi connectivity index (χ3n) is 6.05. The molecule has 0 saturated heterocycles. The highest BCUT2D eigenvalue weighted by Crippen LogP contribution is 2.26. The first-order chi connectivity index (χ1) is 19.2. The van der Waals surface area contributed by atoms with Crippen LogP contribution in [0.2, 0.25) is 0 Å². The Morgan fingerprint density at radius 3 is 1.12 bits per heavy atom. The summed E-state index contributed by atoms with van der Waals surface area (Å²) in [6, 6.07) is 20.0. The quantitative estimate of drug-likeness (QED) is 0.267. The van der Waals surface area contributed by atoms with E-state index in [-0.39, 0.29) is 41.8 Å². The summed E-state index contributed by atoms with van der Waals surface area (Å²) in [4.78, 5) is 21.6. The van der Waals surface area contributed by atoms with Crippen LogP contribution in [0.1, 0.15) is 31.8 Å². The summed E-state index contributed by atoms with van der Waals surface area (Å²) in [6.07, 6.45) is 0. The number of carboxylic acid groups (broad SMARTS) is 2. The molecule has 4 rings (SSSR count). The van der Waals surface area contributed by atoms with E-state index < -0.39 is 53.0 Å². The molecule has 0 aliphatic carbocycles. The first-order valence-electron chi connectivity index (χ1n) is 11.7. The van der Waals surface area contributed by atoms with Crippen LogP contribution in [-0.4, -0.2) is 47.4 Å². The number of carboxylic acids is 2. The van der Waals surface area contributed by atoms with E-state index in [1.54, 1.807) is 0 Å². The second kappa shape index (κ2) is 11.3. The van der Waals surface area contributed by atoms with E-state index in [2.05, 4.69) is 0 Å². The van der Waals surface area contributed by atoms with Crippen molar-refractivity contribution in [3.8, 4) is 0 Å². The molecule has 2 N–H and O–H groups in total. The van der Waals surface area contributed by atoms with Crippen molar-refractivity contribution in [2.45, 2.75) is 31.1 Å². The van der Waals surface area contributed by atoms with Gasteiger partial charge in [0, 0.05) is 0 Å². The number of benzene rings is 4. The van der Waals surface area contributed by atoms with Crippen LogP contribution in [0.4, 0.5) is 0 Å². The fourth-order valence-electron chi connectivity index (χ4n) is 3.98. The monoisotopic (exact) mass is 614 g/mol. The van der Waals surface area contributed by atoms with Gasteiger partial charge in [-0.05, 0) is 83.9 Å². The van der Waals surface area contributed by atoms with Crippen LogP contribution in [0.5, 0.6) is 0 Å².